The van der Waals surface area contributed by atoms with Crippen LogP contribution in [0.5, 0.6) is 0 Å². The van der Waals surface area contributed by atoms with Gasteiger partial charge in [0.05, 0.1) is 0 Å². The van der Waals surface area contributed by atoms with E-state index >= 15 is 0 Å². The number of nitrogens with one attached hydrogen (secondary N) is 1. The summed E-state index contributed by atoms with van der Waals surface area (Å²) in [6, 6.07) is 0.00488. The fourth-order valence-corrected chi connectivity index (χ4v) is 2.54. The van der Waals surface area contributed by atoms with E-state index in [1.807, 2.05) is 4.90 Å². The number of carbonyl (C=O) groups excluding carboxylic acids is 1. The molecule has 0 radical (unpaired) electrons. The Balaban J connectivity index is 2.09. The van der Waals surface area contributed by atoms with Crippen molar-refractivity contribution in [3.8, 4) is 0 Å². The molecule has 1 aliphatic heterocycles. The van der Waals surface area contributed by atoms with Gasteiger partial charge >= 0.3 is 12.0 Å². The Kier molecular flexibility index (Phi) is 7.30. The average molecular weight is 270 g/mol. The van der Waals surface area contributed by atoms with Crippen LogP contribution in [0, 0.1) is 5.92 Å². The highest BCUT2D eigenvalue weighted by Crippen LogP contribution is 2.21. The van der Waals surface area contributed by atoms with Crippen LogP contribution in [0.3, 0.4) is 0 Å². The molecule has 1 saturated heterocycles. The number of carboxylic acids is 1. The highest BCUT2D eigenvalue weighted by atomic mass is 16.4. The minimum atomic E-state index is -0.774. The van der Waals surface area contributed by atoms with E-state index in [2.05, 4.69) is 12.2 Å². The van der Waals surface area contributed by atoms with Gasteiger partial charge in [0.15, 0.2) is 0 Å². The monoisotopic (exact) mass is 270 g/mol. The van der Waals surface area contributed by atoms with Crippen molar-refractivity contribution in [2.45, 2.75) is 51.9 Å². The summed E-state index contributed by atoms with van der Waals surface area (Å²) in [6.07, 6.45) is 6.24. The highest BCUT2D eigenvalue weighted by molar-refractivity contribution is 5.74. The Hall–Kier alpha value is -1.26. The molecule has 0 bridgehead atoms. The van der Waals surface area contributed by atoms with Crippen molar-refractivity contribution in [2.75, 3.05) is 19.6 Å². The van der Waals surface area contributed by atoms with E-state index in [9.17, 15) is 9.59 Å². The third kappa shape index (κ3) is 6.45. The molecule has 0 unspecified atom stereocenters. The van der Waals surface area contributed by atoms with Crippen LogP contribution < -0.4 is 5.32 Å². The molecular formula is C14H26N2O3. The summed E-state index contributed by atoms with van der Waals surface area (Å²) in [6.45, 7) is 4.48. The van der Waals surface area contributed by atoms with Gasteiger partial charge in [-0.15, -0.1) is 0 Å². The lowest BCUT2D eigenvalue weighted by molar-refractivity contribution is -0.137. The summed E-state index contributed by atoms with van der Waals surface area (Å²) in [7, 11) is 0. The largest absolute Gasteiger partial charge is 0.481 e. The molecule has 0 atom stereocenters. The van der Waals surface area contributed by atoms with Gasteiger partial charge in [-0.05, 0) is 31.6 Å². The topological polar surface area (TPSA) is 69.6 Å². The number of hydrogen-bond acceptors (Lipinski definition) is 2. The number of piperidine rings is 1. The lowest BCUT2D eigenvalue weighted by atomic mass is 9.93. The van der Waals surface area contributed by atoms with E-state index in [0.717, 1.165) is 38.3 Å². The summed E-state index contributed by atoms with van der Waals surface area (Å²) in [4.78, 5) is 24.1. The summed E-state index contributed by atoms with van der Waals surface area (Å²) < 4.78 is 0. The van der Waals surface area contributed by atoms with Crippen LogP contribution in [0.15, 0.2) is 0 Å². The number of carboxylic acid groups (broad SMARTS) is 1. The maximum Gasteiger partial charge on any atom is 0.317 e. The number of amides is 2. The second kappa shape index (κ2) is 8.77. The lowest BCUT2D eigenvalue weighted by Gasteiger charge is -2.31. The first-order valence-electron chi connectivity index (χ1n) is 7.38. The Morgan fingerprint density at radius 3 is 2.53 bits per heavy atom. The zero-order chi connectivity index (χ0) is 14.1. The third-order valence-electron chi connectivity index (χ3n) is 3.69. The van der Waals surface area contributed by atoms with E-state index < -0.39 is 5.97 Å². The molecule has 1 rings (SSSR count). The summed E-state index contributed by atoms with van der Waals surface area (Å²) in [5.74, 6) is 0.00828. The van der Waals surface area contributed by atoms with E-state index in [0.29, 0.717) is 13.0 Å². The second-order valence-corrected chi connectivity index (χ2v) is 5.30. The van der Waals surface area contributed by atoms with Crippen molar-refractivity contribution in [1.82, 2.24) is 10.2 Å². The summed E-state index contributed by atoms with van der Waals surface area (Å²) in [5, 5.41) is 11.4. The molecule has 0 spiro atoms. The van der Waals surface area contributed by atoms with Gasteiger partial charge in [-0.25, -0.2) is 4.79 Å². The molecule has 0 aliphatic carbocycles. The predicted molar refractivity (Wildman–Crippen MR) is 74.1 cm³/mol. The smallest absolute Gasteiger partial charge is 0.317 e. The van der Waals surface area contributed by atoms with E-state index in [1.54, 1.807) is 0 Å². The zero-order valence-corrected chi connectivity index (χ0v) is 11.9. The molecule has 0 aromatic heterocycles. The molecule has 1 aliphatic rings. The van der Waals surface area contributed by atoms with Crippen molar-refractivity contribution < 1.29 is 14.7 Å². The van der Waals surface area contributed by atoms with Gasteiger partial charge < -0.3 is 15.3 Å². The van der Waals surface area contributed by atoms with Gasteiger partial charge in [0.2, 0.25) is 0 Å². The molecule has 1 heterocycles. The third-order valence-corrected chi connectivity index (χ3v) is 3.69. The molecule has 0 saturated carbocycles. The molecule has 110 valence electrons. The van der Waals surface area contributed by atoms with E-state index in [4.69, 9.17) is 5.11 Å². The fourth-order valence-electron chi connectivity index (χ4n) is 2.54. The van der Waals surface area contributed by atoms with Gasteiger partial charge in [-0.1, -0.05) is 19.8 Å². The highest BCUT2D eigenvalue weighted by Gasteiger charge is 2.21. The zero-order valence-electron chi connectivity index (χ0n) is 11.9. The molecule has 5 nitrogen and oxygen atoms in total. The number of likely N-dealkylation sites (tertiary alicyclic amines) is 1. The van der Waals surface area contributed by atoms with Crippen LogP contribution in [0.4, 0.5) is 4.79 Å². The molecule has 1 fully saturated rings. The van der Waals surface area contributed by atoms with Gasteiger partial charge in [0.1, 0.15) is 0 Å². The molecule has 0 aromatic rings. The normalized spacial score (nSPS) is 16.4. The quantitative estimate of drug-likeness (QED) is 0.698. The first kappa shape index (κ1) is 15.8. The standard InChI is InChI=1S/C14H26N2O3/c1-2-5-12-7-10-16(11-8-12)14(19)15-9-4-3-6-13(17)18/h12H,2-11H2,1H3,(H,15,19)(H,17,18). The van der Waals surface area contributed by atoms with Crippen LogP contribution in [-0.2, 0) is 4.79 Å². The Labute approximate surface area is 115 Å². The number of unbranched alkanes of at least 4 members (excludes halogenated alkanes) is 1. The number of carbonyl (C=O) groups is 2. The first-order valence-corrected chi connectivity index (χ1v) is 7.38. The molecule has 2 N–H and O–H groups in total. The van der Waals surface area contributed by atoms with E-state index in [-0.39, 0.29) is 12.5 Å². The Morgan fingerprint density at radius 1 is 1.26 bits per heavy atom. The Morgan fingerprint density at radius 2 is 1.95 bits per heavy atom. The van der Waals surface area contributed by atoms with Crippen molar-refractivity contribution in [3.05, 3.63) is 0 Å². The van der Waals surface area contributed by atoms with Crippen LogP contribution in [-0.4, -0.2) is 41.6 Å². The predicted octanol–water partition coefficient (Wildman–Crippen LogP) is 2.46. The van der Waals surface area contributed by atoms with Crippen LogP contribution in [0.2, 0.25) is 0 Å². The summed E-state index contributed by atoms with van der Waals surface area (Å²) in [5.41, 5.74) is 0. The van der Waals surface area contributed by atoms with E-state index in [1.165, 1.54) is 12.8 Å². The van der Waals surface area contributed by atoms with Crippen LogP contribution in [0.25, 0.3) is 0 Å². The van der Waals surface area contributed by atoms with Crippen molar-refractivity contribution in [1.29, 1.82) is 0 Å². The number of aliphatic carboxylic acids is 1. The minimum Gasteiger partial charge on any atom is -0.481 e. The second-order valence-electron chi connectivity index (χ2n) is 5.30. The number of nitrogens with zero attached hydrogens (tertiary/aromatic N) is 1. The molecule has 19 heavy (non-hydrogen) atoms. The van der Waals surface area contributed by atoms with Crippen LogP contribution >= 0.6 is 0 Å². The van der Waals surface area contributed by atoms with Crippen molar-refractivity contribution in [2.24, 2.45) is 5.92 Å². The number of hydrogen-bond donors (Lipinski definition) is 2. The lowest BCUT2D eigenvalue weighted by Crippen LogP contribution is -2.44. The Bertz CT molecular complexity index is 286. The molecule has 5 heteroatoms. The van der Waals surface area contributed by atoms with Gasteiger partial charge in [0, 0.05) is 26.1 Å². The summed E-state index contributed by atoms with van der Waals surface area (Å²) >= 11 is 0. The van der Waals surface area contributed by atoms with Crippen molar-refractivity contribution in [3.63, 3.8) is 0 Å². The minimum absolute atomic E-state index is 0.00488. The first-order chi connectivity index (χ1) is 9.13. The molecule has 0 aromatic carbocycles. The van der Waals surface area contributed by atoms with Crippen LogP contribution in [0.1, 0.15) is 51.9 Å². The maximum absolute atomic E-state index is 11.9. The average Bonchev–Trinajstić information content (AvgIpc) is 2.39. The van der Waals surface area contributed by atoms with Gasteiger partial charge in [0.25, 0.3) is 0 Å². The van der Waals surface area contributed by atoms with Gasteiger partial charge in [-0.3, -0.25) is 4.79 Å². The SMILES string of the molecule is CCCC1CCN(C(=O)NCCCCC(=O)O)CC1. The molecular weight excluding hydrogens is 244 g/mol. The van der Waals surface area contributed by atoms with Crippen molar-refractivity contribution >= 4 is 12.0 Å². The maximum atomic E-state index is 11.9. The fraction of sp³-hybridized carbons (Fsp3) is 0.857. The van der Waals surface area contributed by atoms with Gasteiger partial charge in [-0.2, -0.15) is 0 Å². The number of urea groups is 1. The molecule has 2 amide bonds. The number of rotatable bonds is 7.